The summed E-state index contributed by atoms with van der Waals surface area (Å²) in [6, 6.07) is 13.2. The zero-order valence-electron chi connectivity index (χ0n) is 13.8. The number of hydrogen-bond acceptors (Lipinski definition) is 3. The molecule has 1 N–H and O–H groups in total. The number of nitrogens with zero attached hydrogens (tertiary/aromatic N) is 1. The summed E-state index contributed by atoms with van der Waals surface area (Å²) < 4.78 is 5.72. The molecule has 5 heteroatoms. The van der Waals surface area contributed by atoms with E-state index in [0.29, 0.717) is 18.1 Å². The number of carbonyl (C=O) groups is 1. The van der Waals surface area contributed by atoms with Gasteiger partial charge in [-0.1, -0.05) is 17.7 Å². The first kappa shape index (κ1) is 15.9. The van der Waals surface area contributed by atoms with Crippen molar-refractivity contribution in [2.75, 3.05) is 11.9 Å². The van der Waals surface area contributed by atoms with Crippen LogP contribution in [0.4, 0.5) is 5.69 Å². The highest BCUT2D eigenvalue weighted by Crippen LogP contribution is 2.31. The zero-order chi connectivity index (χ0) is 17.4. The van der Waals surface area contributed by atoms with Crippen LogP contribution in [0.5, 0.6) is 5.75 Å². The van der Waals surface area contributed by atoms with Crippen molar-refractivity contribution in [2.45, 2.75) is 13.3 Å². The third-order valence-corrected chi connectivity index (χ3v) is 4.76. The average molecular weight is 353 g/mol. The van der Waals surface area contributed by atoms with Crippen molar-refractivity contribution in [1.82, 2.24) is 4.98 Å². The number of benzene rings is 2. The molecule has 0 radical (unpaired) electrons. The van der Waals surface area contributed by atoms with Crippen LogP contribution >= 0.6 is 11.6 Å². The van der Waals surface area contributed by atoms with Crippen LogP contribution in [0.3, 0.4) is 0 Å². The second-order valence-electron chi connectivity index (χ2n) is 6.28. The van der Waals surface area contributed by atoms with Gasteiger partial charge in [0.25, 0.3) is 0 Å². The van der Waals surface area contributed by atoms with Crippen molar-refractivity contribution in [2.24, 2.45) is 5.92 Å². The number of carbonyl (C=O) groups excluding carboxylic acids is 1. The molecule has 1 amide bonds. The maximum atomic E-state index is 12.7. The highest BCUT2D eigenvalue weighted by Gasteiger charge is 2.26. The SMILES string of the molecule is Cc1ccc(NC(=O)C2COc3ccc(Cl)cc3C2)c2cccnc12. The van der Waals surface area contributed by atoms with Crippen molar-refractivity contribution >= 4 is 34.1 Å². The summed E-state index contributed by atoms with van der Waals surface area (Å²) in [6.07, 6.45) is 2.38. The fraction of sp³-hybridized carbons (Fsp3) is 0.200. The lowest BCUT2D eigenvalue weighted by molar-refractivity contribution is -0.121. The molecule has 1 aliphatic rings. The first-order valence-corrected chi connectivity index (χ1v) is 8.56. The Morgan fingerprint density at radius 3 is 3.04 bits per heavy atom. The molecule has 25 heavy (non-hydrogen) atoms. The summed E-state index contributed by atoms with van der Waals surface area (Å²) >= 11 is 6.05. The predicted molar refractivity (Wildman–Crippen MR) is 99.3 cm³/mol. The average Bonchev–Trinajstić information content (AvgIpc) is 2.63. The van der Waals surface area contributed by atoms with E-state index in [-0.39, 0.29) is 11.8 Å². The van der Waals surface area contributed by atoms with Gasteiger partial charge in [0.15, 0.2) is 0 Å². The van der Waals surface area contributed by atoms with Gasteiger partial charge < -0.3 is 10.1 Å². The topological polar surface area (TPSA) is 51.2 Å². The van der Waals surface area contributed by atoms with E-state index >= 15 is 0 Å². The second-order valence-corrected chi connectivity index (χ2v) is 6.72. The Bertz CT molecular complexity index is 971. The molecule has 4 nitrogen and oxygen atoms in total. The normalized spacial score (nSPS) is 16.2. The Balaban J connectivity index is 1.58. The van der Waals surface area contributed by atoms with Crippen LogP contribution in [0.1, 0.15) is 11.1 Å². The standard InChI is InChI=1S/C20H17ClN2O2/c1-12-4-6-17(16-3-2-8-22-19(12)16)23-20(24)14-9-13-10-15(21)5-7-18(13)25-11-14/h2-8,10,14H,9,11H2,1H3,(H,23,24). The van der Waals surface area contributed by atoms with Crippen LogP contribution in [0.15, 0.2) is 48.7 Å². The summed E-state index contributed by atoms with van der Waals surface area (Å²) in [5.41, 5.74) is 3.72. The second kappa shape index (κ2) is 6.37. The van der Waals surface area contributed by atoms with Gasteiger partial charge in [-0.2, -0.15) is 0 Å². The van der Waals surface area contributed by atoms with E-state index in [0.717, 1.165) is 33.5 Å². The van der Waals surface area contributed by atoms with Crippen molar-refractivity contribution in [3.63, 3.8) is 0 Å². The number of aromatic nitrogens is 1. The van der Waals surface area contributed by atoms with Crippen LogP contribution in [0.2, 0.25) is 5.02 Å². The van der Waals surface area contributed by atoms with Gasteiger partial charge in [0.05, 0.1) is 17.1 Å². The Kier molecular flexibility index (Phi) is 4.06. The number of rotatable bonds is 2. The largest absolute Gasteiger partial charge is 0.492 e. The molecule has 0 saturated heterocycles. The molecule has 1 aliphatic heterocycles. The molecule has 0 saturated carbocycles. The van der Waals surface area contributed by atoms with Gasteiger partial charge in [-0.05, 0) is 60.9 Å². The Morgan fingerprint density at radius 1 is 1.28 bits per heavy atom. The zero-order valence-corrected chi connectivity index (χ0v) is 14.5. The molecule has 0 aliphatic carbocycles. The number of amides is 1. The Labute approximate surface area is 150 Å². The van der Waals surface area contributed by atoms with E-state index in [9.17, 15) is 4.79 Å². The molecule has 0 fully saturated rings. The number of fused-ring (bicyclic) bond motifs is 2. The minimum absolute atomic E-state index is 0.0559. The smallest absolute Gasteiger partial charge is 0.231 e. The molecule has 0 bridgehead atoms. The molecule has 126 valence electrons. The van der Waals surface area contributed by atoms with E-state index in [1.54, 1.807) is 12.3 Å². The number of nitrogens with one attached hydrogen (secondary N) is 1. The van der Waals surface area contributed by atoms with Crippen LogP contribution in [0.25, 0.3) is 10.9 Å². The molecular weight excluding hydrogens is 336 g/mol. The maximum Gasteiger partial charge on any atom is 0.231 e. The highest BCUT2D eigenvalue weighted by molar-refractivity contribution is 6.30. The minimum Gasteiger partial charge on any atom is -0.492 e. The van der Waals surface area contributed by atoms with Crippen molar-refractivity contribution in [3.8, 4) is 5.75 Å². The molecule has 2 aromatic carbocycles. The van der Waals surface area contributed by atoms with E-state index < -0.39 is 0 Å². The first-order chi connectivity index (χ1) is 12.1. The molecule has 3 aromatic rings. The number of pyridine rings is 1. The summed E-state index contributed by atoms with van der Waals surface area (Å²) in [4.78, 5) is 17.2. The molecule has 2 heterocycles. The lowest BCUT2D eigenvalue weighted by atomic mass is 9.95. The molecular formula is C20H17ClN2O2. The molecule has 1 unspecified atom stereocenters. The molecule has 1 atom stereocenters. The Morgan fingerprint density at radius 2 is 2.16 bits per heavy atom. The monoisotopic (exact) mass is 352 g/mol. The Hall–Kier alpha value is -2.59. The van der Waals surface area contributed by atoms with Crippen LogP contribution in [-0.2, 0) is 11.2 Å². The third kappa shape index (κ3) is 3.05. The van der Waals surface area contributed by atoms with E-state index in [1.165, 1.54) is 0 Å². The van der Waals surface area contributed by atoms with Gasteiger partial charge in [-0.25, -0.2) is 0 Å². The summed E-state index contributed by atoms with van der Waals surface area (Å²) in [7, 11) is 0. The summed E-state index contributed by atoms with van der Waals surface area (Å²) in [5.74, 6) is 0.497. The van der Waals surface area contributed by atoms with Gasteiger partial charge in [-0.15, -0.1) is 0 Å². The highest BCUT2D eigenvalue weighted by atomic mass is 35.5. The fourth-order valence-corrected chi connectivity index (χ4v) is 3.38. The van der Waals surface area contributed by atoms with Gasteiger partial charge in [0, 0.05) is 16.6 Å². The molecule has 4 rings (SSSR count). The van der Waals surface area contributed by atoms with Crippen molar-refractivity contribution in [1.29, 1.82) is 0 Å². The third-order valence-electron chi connectivity index (χ3n) is 4.53. The van der Waals surface area contributed by atoms with Crippen molar-refractivity contribution in [3.05, 3.63) is 64.8 Å². The predicted octanol–water partition coefficient (Wildman–Crippen LogP) is 4.39. The number of hydrogen-bond donors (Lipinski definition) is 1. The molecule has 0 spiro atoms. The van der Waals surface area contributed by atoms with E-state index in [1.807, 2.05) is 43.3 Å². The van der Waals surface area contributed by atoms with Gasteiger partial charge in [0.1, 0.15) is 12.4 Å². The number of aryl methyl sites for hydroxylation is 1. The van der Waals surface area contributed by atoms with Crippen LogP contribution < -0.4 is 10.1 Å². The van der Waals surface area contributed by atoms with Crippen LogP contribution in [0, 0.1) is 12.8 Å². The summed E-state index contributed by atoms with van der Waals surface area (Å²) in [6.45, 7) is 2.37. The number of anilines is 1. The lowest BCUT2D eigenvalue weighted by Crippen LogP contribution is -2.32. The minimum atomic E-state index is -0.251. The van der Waals surface area contributed by atoms with E-state index in [4.69, 9.17) is 16.3 Å². The number of halogens is 1. The lowest BCUT2D eigenvalue weighted by Gasteiger charge is -2.25. The summed E-state index contributed by atoms with van der Waals surface area (Å²) in [5, 5.41) is 4.63. The van der Waals surface area contributed by atoms with Crippen LogP contribution in [-0.4, -0.2) is 17.5 Å². The van der Waals surface area contributed by atoms with Crippen molar-refractivity contribution < 1.29 is 9.53 Å². The number of ether oxygens (including phenoxy) is 1. The first-order valence-electron chi connectivity index (χ1n) is 8.18. The van der Waals surface area contributed by atoms with Gasteiger partial charge >= 0.3 is 0 Å². The van der Waals surface area contributed by atoms with Gasteiger partial charge in [0.2, 0.25) is 5.91 Å². The van der Waals surface area contributed by atoms with Gasteiger partial charge in [-0.3, -0.25) is 9.78 Å². The van der Waals surface area contributed by atoms with E-state index in [2.05, 4.69) is 10.3 Å². The molecule has 1 aromatic heterocycles. The quantitative estimate of drug-likeness (QED) is 0.744. The maximum absolute atomic E-state index is 12.7. The fourth-order valence-electron chi connectivity index (χ4n) is 3.19.